The fourth-order valence-electron chi connectivity index (χ4n) is 2.92. The van der Waals surface area contributed by atoms with Crippen LogP contribution in [0.4, 0.5) is 0 Å². The molecule has 2 aromatic rings. The zero-order valence-electron chi connectivity index (χ0n) is 13.3. The predicted octanol–water partition coefficient (Wildman–Crippen LogP) is 1.88. The van der Waals surface area contributed by atoms with Crippen molar-refractivity contribution < 1.29 is 9.53 Å². The number of rotatable bonds is 5. The zero-order chi connectivity index (χ0) is 16.1. The lowest BCUT2D eigenvalue weighted by Crippen LogP contribution is -2.43. The van der Waals surface area contributed by atoms with Gasteiger partial charge in [0.05, 0.1) is 18.7 Å². The van der Waals surface area contributed by atoms with E-state index in [-0.39, 0.29) is 18.1 Å². The summed E-state index contributed by atoms with van der Waals surface area (Å²) < 4.78 is 7.72. The molecule has 3 rings (SSSR count). The van der Waals surface area contributed by atoms with Crippen LogP contribution in [0.5, 0.6) is 0 Å². The minimum absolute atomic E-state index is 0.000120. The van der Waals surface area contributed by atoms with Crippen LogP contribution in [0.15, 0.2) is 36.9 Å². The van der Waals surface area contributed by atoms with Crippen LogP contribution in [0.25, 0.3) is 0 Å². The highest BCUT2D eigenvalue weighted by atomic mass is 16.5. The third-order valence-electron chi connectivity index (χ3n) is 4.08. The molecular formula is C17H22N4O2. The Balaban J connectivity index is 1.63. The molecular weight excluding hydrogens is 292 g/mol. The van der Waals surface area contributed by atoms with E-state index in [9.17, 15) is 4.79 Å². The quantitative estimate of drug-likeness (QED) is 0.915. The fraction of sp³-hybridized carbons (Fsp3) is 0.471. The average Bonchev–Trinajstić information content (AvgIpc) is 3.03. The molecule has 0 saturated carbocycles. The van der Waals surface area contributed by atoms with Crippen LogP contribution >= 0.6 is 0 Å². The maximum absolute atomic E-state index is 12.3. The van der Waals surface area contributed by atoms with Gasteiger partial charge in [0.1, 0.15) is 6.10 Å². The molecule has 2 aromatic heterocycles. The standard InChI is InChI=1S/C17H22N4O2/c1-2-21-12-13(11-19-21)10-16(22)20-15-4-3-9-23-17(15)14-5-7-18-8-6-14/h5-8,11-12,15,17H,2-4,9-10H2,1H3,(H,20,22)/t15-,17+/m0/s1. The van der Waals surface area contributed by atoms with Crippen LogP contribution in [0.1, 0.15) is 37.0 Å². The Morgan fingerprint density at radius 1 is 1.43 bits per heavy atom. The van der Waals surface area contributed by atoms with Gasteiger partial charge in [0.2, 0.25) is 5.91 Å². The predicted molar refractivity (Wildman–Crippen MR) is 85.7 cm³/mol. The normalized spacial score (nSPS) is 21.1. The molecule has 0 spiro atoms. The van der Waals surface area contributed by atoms with Gasteiger partial charge in [-0.1, -0.05) is 0 Å². The van der Waals surface area contributed by atoms with E-state index in [4.69, 9.17) is 4.74 Å². The van der Waals surface area contributed by atoms with Crippen molar-refractivity contribution in [3.8, 4) is 0 Å². The Morgan fingerprint density at radius 2 is 2.26 bits per heavy atom. The van der Waals surface area contributed by atoms with Gasteiger partial charge in [0, 0.05) is 31.7 Å². The van der Waals surface area contributed by atoms with E-state index in [1.54, 1.807) is 18.6 Å². The van der Waals surface area contributed by atoms with Gasteiger partial charge in [-0.2, -0.15) is 5.10 Å². The molecule has 6 heteroatoms. The molecule has 2 atom stereocenters. The summed E-state index contributed by atoms with van der Waals surface area (Å²) in [5.74, 6) is 0.00945. The van der Waals surface area contributed by atoms with Gasteiger partial charge in [0.15, 0.2) is 0 Å². The van der Waals surface area contributed by atoms with E-state index >= 15 is 0 Å². The highest BCUT2D eigenvalue weighted by Gasteiger charge is 2.28. The van der Waals surface area contributed by atoms with Gasteiger partial charge in [-0.3, -0.25) is 14.5 Å². The first-order valence-corrected chi connectivity index (χ1v) is 8.08. The number of carbonyl (C=O) groups excluding carboxylic acids is 1. The molecule has 1 saturated heterocycles. The van der Waals surface area contributed by atoms with Crippen molar-refractivity contribution >= 4 is 5.91 Å². The third kappa shape index (κ3) is 3.96. The minimum atomic E-state index is -0.103. The second-order valence-corrected chi connectivity index (χ2v) is 5.77. The number of amides is 1. The lowest BCUT2D eigenvalue weighted by molar-refractivity contribution is -0.123. The molecule has 0 aromatic carbocycles. The number of carbonyl (C=O) groups is 1. The maximum atomic E-state index is 12.3. The van der Waals surface area contributed by atoms with Gasteiger partial charge in [0.25, 0.3) is 0 Å². The summed E-state index contributed by atoms with van der Waals surface area (Å²) in [5.41, 5.74) is 1.99. The number of nitrogens with one attached hydrogen (secondary N) is 1. The summed E-state index contributed by atoms with van der Waals surface area (Å²) >= 11 is 0. The van der Waals surface area contributed by atoms with Crippen LogP contribution in [0, 0.1) is 0 Å². The minimum Gasteiger partial charge on any atom is -0.371 e. The first-order chi connectivity index (χ1) is 11.3. The van der Waals surface area contributed by atoms with Gasteiger partial charge >= 0.3 is 0 Å². The SMILES string of the molecule is CCn1cc(CC(=O)N[C@H]2CCCO[C@@H]2c2ccncc2)cn1. The van der Waals surface area contributed by atoms with Crippen molar-refractivity contribution in [3.63, 3.8) is 0 Å². The van der Waals surface area contributed by atoms with E-state index in [1.165, 1.54) is 0 Å². The Hall–Kier alpha value is -2.21. The van der Waals surface area contributed by atoms with E-state index in [2.05, 4.69) is 15.4 Å². The van der Waals surface area contributed by atoms with E-state index in [0.29, 0.717) is 6.42 Å². The van der Waals surface area contributed by atoms with E-state index < -0.39 is 0 Å². The molecule has 1 N–H and O–H groups in total. The summed E-state index contributed by atoms with van der Waals surface area (Å²) in [6, 6.07) is 3.89. The van der Waals surface area contributed by atoms with Crippen molar-refractivity contribution in [1.82, 2.24) is 20.1 Å². The number of ether oxygens (including phenoxy) is 1. The van der Waals surface area contributed by atoms with Crippen molar-refractivity contribution in [1.29, 1.82) is 0 Å². The number of aryl methyl sites for hydroxylation is 1. The summed E-state index contributed by atoms with van der Waals surface area (Å²) in [6.07, 6.45) is 9.30. The summed E-state index contributed by atoms with van der Waals surface area (Å²) in [6.45, 7) is 3.56. The molecule has 3 heterocycles. The van der Waals surface area contributed by atoms with Crippen LogP contribution < -0.4 is 5.32 Å². The Labute approximate surface area is 135 Å². The number of hydrogen-bond acceptors (Lipinski definition) is 4. The second kappa shape index (κ2) is 7.37. The molecule has 122 valence electrons. The first kappa shape index (κ1) is 15.7. The van der Waals surface area contributed by atoms with Crippen LogP contribution in [0.2, 0.25) is 0 Å². The highest BCUT2D eigenvalue weighted by Crippen LogP contribution is 2.28. The van der Waals surface area contributed by atoms with Crippen LogP contribution in [-0.4, -0.2) is 33.3 Å². The lowest BCUT2D eigenvalue weighted by atomic mass is 9.96. The molecule has 0 bridgehead atoms. The van der Waals surface area contributed by atoms with Gasteiger partial charge in [-0.15, -0.1) is 0 Å². The largest absolute Gasteiger partial charge is 0.371 e. The zero-order valence-corrected chi connectivity index (χ0v) is 13.3. The summed E-state index contributed by atoms with van der Waals surface area (Å²) in [5, 5.41) is 7.32. The molecule has 6 nitrogen and oxygen atoms in total. The van der Waals surface area contributed by atoms with E-state index in [1.807, 2.05) is 29.9 Å². The second-order valence-electron chi connectivity index (χ2n) is 5.77. The summed E-state index contributed by atoms with van der Waals surface area (Å²) in [7, 11) is 0. The average molecular weight is 314 g/mol. The van der Waals surface area contributed by atoms with Crippen molar-refractivity contribution in [2.24, 2.45) is 0 Å². The van der Waals surface area contributed by atoms with E-state index in [0.717, 1.165) is 37.1 Å². The van der Waals surface area contributed by atoms with Crippen LogP contribution in [-0.2, 0) is 22.5 Å². The van der Waals surface area contributed by atoms with Gasteiger partial charge in [-0.25, -0.2) is 0 Å². The van der Waals surface area contributed by atoms with Gasteiger partial charge in [-0.05, 0) is 43.0 Å². The van der Waals surface area contributed by atoms with Crippen molar-refractivity contribution in [2.75, 3.05) is 6.61 Å². The third-order valence-corrected chi connectivity index (χ3v) is 4.08. The van der Waals surface area contributed by atoms with Crippen molar-refractivity contribution in [3.05, 3.63) is 48.0 Å². The summed E-state index contributed by atoms with van der Waals surface area (Å²) in [4.78, 5) is 16.4. The highest BCUT2D eigenvalue weighted by molar-refractivity contribution is 5.78. The Morgan fingerprint density at radius 3 is 3.00 bits per heavy atom. The fourth-order valence-corrected chi connectivity index (χ4v) is 2.92. The maximum Gasteiger partial charge on any atom is 0.224 e. The molecule has 0 radical (unpaired) electrons. The van der Waals surface area contributed by atoms with Gasteiger partial charge < -0.3 is 10.1 Å². The topological polar surface area (TPSA) is 69.0 Å². The monoisotopic (exact) mass is 314 g/mol. The molecule has 0 unspecified atom stereocenters. The number of pyridine rings is 1. The molecule has 0 aliphatic carbocycles. The molecule has 23 heavy (non-hydrogen) atoms. The Bertz CT molecular complexity index is 641. The lowest BCUT2D eigenvalue weighted by Gasteiger charge is -2.32. The number of hydrogen-bond donors (Lipinski definition) is 1. The smallest absolute Gasteiger partial charge is 0.224 e. The molecule has 1 fully saturated rings. The Kier molecular flexibility index (Phi) is 5.02. The molecule has 1 amide bonds. The molecule has 1 aliphatic heterocycles. The van der Waals surface area contributed by atoms with Crippen molar-refractivity contribution in [2.45, 2.75) is 44.9 Å². The first-order valence-electron chi connectivity index (χ1n) is 8.08. The number of nitrogens with zero attached hydrogens (tertiary/aromatic N) is 3. The molecule has 1 aliphatic rings. The van der Waals surface area contributed by atoms with Crippen LogP contribution in [0.3, 0.4) is 0 Å². The number of aromatic nitrogens is 3.